The van der Waals surface area contributed by atoms with Crippen LogP contribution in [0, 0.1) is 17.3 Å². The maximum Gasteiger partial charge on any atom is 0.339 e. The Kier molecular flexibility index (Phi) is 7.36. The molecule has 6 heteroatoms. The average Bonchev–Trinajstić information content (AvgIpc) is 2.56. The van der Waals surface area contributed by atoms with Crippen molar-refractivity contribution in [1.29, 1.82) is 0 Å². The molecule has 0 radical (unpaired) electrons. The van der Waals surface area contributed by atoms with Crippen LogP contribution in [0.2, 0.25) is 0 Å². The van der Waals surface area contributed by atoms with Gasteiger partial charge in [-0.1, -0.05) is 53.7 Å². The van der Waals surface area contributed by atoms with E-state index in [1.165, 1.54) is 12.1 Å². The zero-order valence-corrected chi connectivity index (χ0v) is 16.2. The van der Waals surface area contributed by atoms with Gasteiger partial charge in [-0.3, -0.25) is 4.79 Å². The van der Waals surface area contributed by atoms with Crippen molar-refractivity contribution < 1.29 is 29.0 Å². The van der Waals surface area contributed by atoms with Gasteiger partial charge in [-0.15, -0.1) is 0 Å². The highest BCUT2D eigenvalue weighted by Crippen LogP contribution is 2.31. The summed E-state index contributed by atoms with van der Waals surface area (Å²) in [6.45, 7) is 11.1. The number of carboxylic acids is 1. The number of hydrogen-bond acceptors (Lipinski definition) is 5. The number of rotatable bonds is 8. The Morgan fingerprint density at radius 3 is 2.04 bits per heavy atom. The summed E-state index contributed by atoms with van der Waals surface area (Å²) in [6, 6.07) is 5.92. The number of aromatic carboxylic acids is 1. The summed E-state index contributed by atoms with van der Waals surface area (Å²) in [5.74, 6) is -2.51. The fourth-order valence-electron chi connectivity index (χ4n) is 2.73. The molecule has 26 heavy (non-hydrogen) atoms. The second-order valence-electron chi connectivity index (χ2n) is 7.67. The molecule has 0 bridgehead atoms. The Morgan fingerprint density at radius 1 is 1.04 bits per heavy atom. The first-order valence-electron chi connectivity index (χ1n) is 8.67. The molecular formula is C20H28O6. The standard InChI is InChI=1S/C20H28O6/c1-12(2)16(20(5,6)11-25-18(23)13(3)4)26-19(24)15-10-8-7-9-14(15)17(21)22/h7-10,12-13,16H,11H2,1-6H3,(H,21,22). The number of carboxylic acid groups (broad SMARTS) is 1. The number of benzene rings is 1. The lowest BCUT2D eigenvalue weighted by atomic mass is 9.81. The Hall–Kier alpha value is -2.37. The maximum absolute atomic E-state index is 12.6. The number of carbonyl (C=O) groups excluding carboxylic acids is 2. The van der Waals surface area contributed by atoms with Gasteiger partial charge in [0.15, 0.2) is 0 Å². The largest absolute Gasteiger partial charge is 0.478 e. The van der Waals surface area contributed by atoms with Crippen LogP contribution in [0.3, 0.4) is 0 Å². The SMILES string of the molecule is CC(C)C(=O)OCC(C)(C)C(OC(=O)c1ccccc1C(=O)O)C(C)C. The van der Waals surface area contributed by atoms with Crippen LogP contribution in [0.1, 0.15) is 62.3 Å². The van der Waals surface area contributed by atoms with Gasteiger partial charge in [0.05, 0.1) is 23.7 Å². The summed E-state index contributed by atoms with van der Waals surface area (Å²) < 4.78 is 11.0. The van der Waals surface area contributed by atoms with Crippen molar-refractivity contribution >= 4 is 17.9 Å². The van der Waals surface area contributed by atoms with Crippen LogP contribution in [0.4, 0.5) is 0 Å². The summed E-state index contributed by atoms with van der Waals surface area (Å²) in [6.07, 6.45) is -0.559. The molecule has 0 amide bonds. The maximum atomic E-state index is 12.6. The first-order valence-corrected chi connectivity index (χ1v) is 8.67. The lowest BCUT2D eigenvalue weighted by Crippen LogP contribution is -2.42. The van der Waals surface area contributed by atoms with Gasteiger partial charge >= 0.3 is 17.9 Å². The molecule has 0 aliphatic carbocycles. The van der Waals surface area contributed by atoms with Crippen molar-refractivity contribution in [3.8, 4) is 0 Å². The summed E-state index contributed by atoms with van der Waals surface area (Å²) in [5.41, 5.74) is -0.739. The van der Waals surface area contributed by atoms with E-state index in [1.807, 2.05) is 27.7 Å². The molecule has 1 N–H and O–H groups in total. The minimum atomic E-state index is -1.19. The third-order valence-corrected chi connectivity index (χ3v) is 4.04. The van der Waals surface area contributed by atoms with Crippen LogP contribution in [0.25, 0.3) is 0 Å². The Labute approximate surface area is 154 Å². The molecule has 0 aliphatic rings. The molecule has 6 nitrogen and oxygen atoms in total. The van der Waals surface area contributed by atoms with E-state index in [4.69, 9.17) is 9.47 Å². The predicted octanol–water partition coefficient (Wildman–Crippen LogP) is 3.79. The number of carbonyl (C=O) groups is 3. The zero-order valence-electron chi connectivity index (χ0n) is 16.2. The van der Waals surface area contributed by atoms with E-state index in [9.17, 15) is 19.5 Å². The van der Waals surface area contributed by atoms with E-state index < -0.39 is 23.5 Å². The summed E-state index contributed by atoms with van der Waals surface area (Å²) in [4.78, 5) is 35.7. The van der Waals surface area contributed by atoms with E-state index in [0.717, 1.165) is 0 Å². The third-order valence-electron chi connectivity index (χ3n) is 4.04. The molecule has 1 rings (SSSR count). The van der Waals surface area contributed by atoms with E-state index in [0.29, 0.717) is 0 Å². The predicted molar refractivity (Wildman–Crippen MR) is 97.0 cm³/mol. The van der Waals surface area contributed by atoms with Gasteiger partial charge in [0.1, 0.15) is 6.10 Å². The van der Waals surface area contributed by atoms with Crippen LogP contribution in [-0.2, 0) is 14.3 Å². The molecule has 0 aliphatic heterocycles. The minimum absolute atomic E-state index is 0.000579. The molecule has 1 aromatic rings. The van der Waals surface area contributed by atoms with Crippen molar-refractivity contribution in [2.24, 2.45) is 17.3 Å². The summed E-state index contributed by atoms with van der Waals surface area (Å²) in [5, 5.41) is 9.25. The Bertz CT molecular complexity index is 660. The smallest absolute Gasteiger partial charge is 0.339 e. The summed E-state index contributed by atoms with van der Waals surface area (Å²) in [7, 11) is 0. The van der Waals surface area contributed by atoms with Gasteiger partial charge in [0.2, 0.25) is 0 Å². The van der Waals surface area contributed by atoms with Crippen LogP contribution in [0.15, 0.2) is 24.3 Å². The van der Waals surface area contributed by atoms with Crippen molar-refractivity contribution in [2.45, 2.75) is 47.6 Å². The monoisotopic (exact) mass is 364 g/mol. The summed E-state index contributed by atoms with van der Waals surface area (Å²) >= 11 is 0. The molecule has 1 unspecified atom stereocenters. The van der Waals surface area contributed by atoms with E-state index >= 15 is 0 Å². The van der Waals surface area contributed by atoms with Gasteiger partial charge in [-0.2, -0.15) is 0 Å². The van der Waals surface area contributed by atoms with Gasteiger partial charge in [0, 0.05) is 5.41 Å². The molecular weight excluding hydrogens is 336 g/mol. The first-order chi connectivity index (χ1) is 12.0. The van der Waals surface area contributed by atoms with Crippen molar-refractivity contribution in [3.05, 3.63) is 35.4 Å². The highest BCUT2D eigenvalue weighted by molar-refractivity contribution is 6.02. The second-order valence-corrected chi connectivity index (χ2v) is 7.67. The highest BCUT2D eigenvalue weighted by atomic mass is 16.6. The van der Waals surface area contributed by atoms with Crippen molar-refractivity contribution in [1.82, 2.24) is 0 Å². The van der Waals surface area contributed by atoms with Crippen LogP contribution in [-0.4, -0.2) is 35.7 Å². The fraction of sp³-hybridized carbons (Fsp3) is 0.550. The van der Waals surface area contributed by atoms with Crippen LogP contribution in [0.5, 0.6) is 0 Å². The average molecular weight is 364 g/mol. The highest BCUT2D eigenvalue weighted by Gasteiger charge is 2.37. The van der Waals surface area contributed by atoms with Crippen LogP contribution >= 0.6 is 0 Å². The van der Waals surface area contributed by atoms with Crippen LogP contribution < -0.4 is 0 Å². The molecule has 0 aromatic heterocycles. The lowest BCUT2D eigenvalue weighted by molar-refractivity contribution is -0.153. The van der Waals surface area contributed by atoms with Crippen molar-refractivity contribution in [3.63, 3.8) is 0 Å². The van der Waals surface area contributed by atoms with E-state index in [2.05, 4.69) is 0 Å². The normalized spacial score (nSPS) is 12.8. The zero-order chi connectivity index (χ0) is 20.1. The second kappa shape index (κ2) is 8.83. The Balaban J connectivity index is 2.99. The molecule has 144 valence electrons. The number of ether oxygens (including phenoxy) is 2. The van der Waals surface area contributed by atoms with Crippen molar-refractivity contribution in [2.75, 3.05) is 6.61 Å². The van der Waals surface area contributed by atoms with Gasteiger partial charge in [0.25, 0.3) is 0 Å². The quantitative estimate of drug-likeness (QED) is 0.706. The molecule has 0 saturated heterocycles. The topological polar surface area (TPSA) is 89.9 Å². The van der Waals surface area contributed by atoms with Gasteiger partial charge < -0.3 is 14.6 Å². The molecule has 0 heterocycles. The number of hydrogen-bond donors (Lipinski definition) is 1. The molecule has 1 atom stereocenters. The molecule has 1 aromatic carbocycles. The van der Waals surface area contributed by atoms with E-state index in [1.54, 1.807) is 26.0 Å². The minimum Gasteiger partial charge on any atom is -0.478 e. The fourth-order valence-corrected chi connectivity index (χ4v) is 2.73. The number of esters is 2. The van der Waals surface area contributed by atoms with E-state index in [-0.39, 0.29) is 35.5 Å². The molecule has 0 saturated carbocycles. The van der Waals surface area contributed by atoms with Gasteiger partial charge in [-0.05, 0) is 18.1 Å². The lowest BCUT2D eigenvalue weighted by Gasteiger charge is -2.36. The van der Waals surface area contributed by atoms with Gasteiger partial charge in [-0.25, -0.2) is 9.59 Å². The Morgan fingerprint density at radius 2 is 1.58 bits per heavy atom. The molecule has 0 spiro atoms. The first kappa shape index (κ1) is 21.7. The third kappa shape index (κ3) is 5.58. The molecule has 0 fully saturated rings.